The van der Waals surface area contributed by atoms with Crippen LogP contribution in [0.2, 0.25) is 10.0 Å². The number of benzene rings is 1. The van der Waals surface area contributed by atoms with Crippen molar-refractivity contribution >= 4 is 29.1 Å². The van der Waals surface area contributed by atoms with Crippen LogP contribution in [0.1, 0.15) is 5.56 Å². The maximum Gasteiger partial charge on any atom is 0.227 e. The molecule has 1 aliphatic rings. The Morgan fingerprint density at radius 3 is 2.90 bits per heavy atom. The van der Waals surface area contributed by atoms with E-state index in [-0.39, 0.29) is 17.9 Å². The molecule has 0 bridgehead atoms. The van der Waals surface area contributed by atoms with Gasteiger partial charge in [-0.1, -0.05) is 29.3 Å². The number of hydrogen-bond acceptors (Lipinski definition) is 3. The van der Waals surface area contributed by atoms with E-state index >= 15 is 0 Å². The van der Waals surface area contributed by atoms with E-state index in [1.807, 2.05) is 13.1 Å². The van der Waals surface area contributed by atoms with E-state index in [2.05, 4.69) is 10.6 Å². The summed E-state index contributed by atoms with van der Waals surface area (Å²) < 4.78 is 5.32. The number of likely N-dealkylation sites (N-methyl/N-ethyl adjacent to an activating group) is 1. The van der Waals surface area contributed by atoms with Gasteiger partial charge in [0.1, 0.15) is 0 Å². The SMILES string of the molecule is CNC1COCC1C(=O)NCCc1ccc(Cl)cc1Cl. The van der Waals surface area contributed by atoms with Gasteiger partial charge in [-0.05, 0) is 31.2 Å². The molecule has 4 nitrogen and oxygen atoms in total. The van der Waals surface area contributed by atoms with Crippen LogP contribution in [0.15, 0.2) is 18.2 Å². The zero-order valence-corrected chi connectivity index (χ0v) is 12.8. The highest BCUT2D eigenvalue weighted by Crippen LogP contribution is 2.21. The second kappa shape index (κ2) is 7.27. The average molecular weight is 317 g/mol. The summed E-state index contributed by atoms with van der Waals surface area (Å²) in [5.41, 5.74) is 0.976. The number of halogens is 2. The first-order valence-corrected chi connectivity index (χ1v) is 7.34. The number of rotatable bonds is 5. The average Bonchev–Trinajstić information content (AvgIpc) is 2.89. The molecule has 1 fully saturated rings. The van der Waals surface area contributed by atoms with Gasteiger partial charge in [-0.3, -0.25) is 4.79 Å². The number of hydrogen-bond donors (Lipinski definition) is 2. The molecule has 2 unspecified atom stereocenters. The number of amides is 1. The Kier molecular flexibility index (Phi) is 5.66. The molecule has 110 valence electrons. The first-order chi connectivity index (χ1) is 9.61. The molecule has 1 amide bonds. The molecule has 0 spiro atoms. The molecule has 20 heavy (non-hydrogen) atoms. The Morgan fingerprint density at radius 2 is 2.20 bits per heavy atom. The van der Waals surface area contributed by atoms with Crippen molar-refractivity contribution < 1.29 is 9.53 Å². The summed E-state index contributed by atoms with van der Waals surface area (Å²) in [6.07, 6.45) is 0.680. The van der Waals surface area contributed by atoms with E-state index in [9.17, 15) is 4.79 Å². The Balaban J connectivity index is 1.82. The Bertz CT molecular complexity index is 482. The third-order valence-corrected chi connectivity index (χ3v) is 4.08. The molecule has 2 atom stereocenters. The number of nitrogens with one attached hydrogen (secondary N) is 2. The highest BCUT2D eigenvalue weighted by Gasteiger charge is 2.32. The molecular formula is C14H18Cl2N2O2. The third kappa shape index (κ3) is 3.85. The van der Waals surface area contributed by atoms with Crippen LogP contribution in [0.25, 0.3) is 0 Å². The standard InChI is InChI=1S/C14H18Cl2N2O2/c1-17-13-8-20-7-11(13)14(19)18-5-4-9-2-3-10(15)6-12(9)16/h2-3,6,11,13,17H,4-5,7-8H2,1H3,(H,18,19). The summed E-state index contributed by atoms with van der Waals surface area (Å²) in [6.45, 7) is 1.60. The van der Waals surface area contributed by atoms with Crippen LogP contribution in [0.5, 0.6) is 0 Å². The molecule has 1 aromatic carbocycles. The molecule has 1 saturated heterocycles. The van der Waals surface area contributed by atoms with E-state index in [0.717, 1.165) is 5.56 Å². The van der Waals surface area contributed by atoms with E-state index in [1.165, 1.54) is 0 Å². The fourth-order valence-electron chi connectivity index (χ4n) is 2.27. The lowest BCUT2D eigenvalue weighted by atomic mass is 10.0. The third-order valence-electron chi connectivity index (χ3n) is 3.50. The molecule has 2 rings (SSSR count). The Hall–Kier alpha value is -0.810. The van der Waals surface area contributed by atoms with Crippen LogP contribution < -0.4 is 10.6 Å². The first kappa shape index (κ1) is 15.6. The quantitative estimate of drug-likeness (QED) is 0.872. The van der Waals surface area contributed by atoms with E-state index < -0.39 is 0 Å². The zero-order chi connectivity index (χ0) is 14.5. The summed E-state index contributed by atoms with van der Waals surface area (Å²) in [5.74, 6) is -0.104. The van der Waals surface area contributed by atoms with Crippen LogP contribution in [-0.4, -0.2) is 38.8 Å². The predicted molar refractivity (Wildman–Crippen MR) is 80.3 cm³/mol. The number of ether oxygens (including phenoxy) is 1. The second-order valence-corrected chi connectivity index (χ2v) is 5.66. The van der Waals surface area contributed by atoms with Crippen molar-refractivity contribution in [1.82, 2.24) is 10.6 Å². The monoisotopic (exact) mass is 316 g/mol. The molecule has 1 heterocycles. The maximum atomic E-state index is 12.1. The fourth-order valence-corrected chi connectivity index (χ4v) is 2.78. The minimum atomic E-state index is -0.124. The number of carbonyl (C=O) groups is 1. The van der Waals surface area contributed by atoms with Gasteiger partial charge in [0.15, 0.2) is 0 Å². The summed E-state index contributed by atoms with van der Waals surface area (Å²) in [4.78, 5) is 12.1. The van der Waals surface area contributed by atoms with Gasteiger partial charge in [0.05, 0.1) is 19.1 Å². The van der Waals surface area contributed by atoms with Gasteiger partial charge in [-0.25, -0.2) is 0 Å². The molecule has 0 radical (unpaired) electrons. The van der Waals surface area contributed by atoms with Gasteiger partial charge >= 0.3 is 0 Å². The molecule has 2 N–H and O–H groups in total. The molecule has 0 aliphatic carbocycles. The Morgan fingerprint density at radius 1 is 1.40 bits per heavy atom. The highest BCUT2D eigenvalue weighted by atomic mass is 35.5. The maximum absolute atomic E-state index is 12.1. The molecule has 0 aromatic heterocycles. The molecular weight excluding hydrogens is 299 g/mol. The van der Waals surface area contributed by atoms with Gasteiger partial charge in [0.25, 0.3) is 0 Å². The van der Waals surface area contributed by atoms with Gasteiger partial charge < -0.3 is 15.4 Å². The van der Waals surface area contributed by atoms with Crippen molar-refractivity contribution in [3.63, 3.8) is 0 Å². The molecule has 0 saturated carbocycles. The normalized spacial score (nSPS) is 21.9. The van der Waals surface area contributed by atoms with Crippen LogP contribution >= 0.6 is 23.2 Å². The highest BCUT2D eigenvalue weighted by molar-refractivity contribution is 6.35. The van der Waals surface area contributed by atoms with Crippen LogP contribution in [0.3, 0.4) is 0 Å². The van der Waals surface area contributed by atoms with Gasteiger partial charge in [0.2, 0.25) is 5.91 Å². The molecule has 1 aliphatic heterocycles. The predicted octanol–water partition coefficient (Wildman–Crippen LogP) is 1.89. The summed E-state index contributed by atoms with van der Waals surface area (Å²) >= 11 is 11.9. The first-order valence-electron chi connectivity index (χ1n) is 6.58. The lowest BCUT2D eigenvalue weighted by molar-refractivity contribution is -0.125. The summed E-state index contributed by atoms with van der Waals surface area (Å²) in [5, 5.41) is 7.27. The van der Waals surface area contributed by atoms with E-state index in [1.54, 1.807) is 12.1 Å². The smallest absolute Gasteiger partial charge is 0.227 e. The van der Waals surface area contributed by atoms with Gasteiger partial charge in [-0.2, -0.15) is 0 Å². The number of carbonyl (C=O) groups excluding carboxylic acids is 1. The van der Waals surface area contributed by atoms with Crippen molar-refractivity contribution in [2.24, 2.45) is 5.92 Å². The van der Waals surface area contributed by atoms with Crippen molar-refractivity contribution in [3.8, 4) is 0 Å². The van der Waals surface area contributed by atoms with Crippen molar-refractivity contribution in [3.05, 3.63) is 33.8 Å². The van der Waals surface area contributed by atoms with Crippen LogP contribution in [-0.2, 0) is 16.0 Å². The largest absolute Gasteiger partial charge is 0.379 e. The summed E-state index contributed by atoms with van der Waals surface area (Å²) in [6, 6.07) is 5.48. The zero-order valence-electron chi connectivity index (χ0n) is 11.3. The van der Waals surface area contributed by atoms with Crippen molar-refractivity contribution in [2.75, 3.05) is 26.8 Å². The fraction of sp³-hybridized carbons (Fsp3) is 0.500. The second-order valence-electron chi connectivity index (χ2n) is 4.82. The van der Waals surface area contributed by atoms with Gasteiger partial charge in [0, 0.05) is 22.6 Å². The minimum Gasteiger partial charge on any atom is -0.379 e. The lowest BCUT2D eigenvalue weighted by Gasteiger charge is -2.16. The van der Waals surface area contributed by atoms with Crippen molar-refractivity contribution in [2.45, 2.75) is 12.5 Å². The van der Waals surface area contributed by atoms with E-state index in [4.69, 9.17) is 27.9 Å². The Labute approximate surface area is 128 Å². The summed E-state index contributed by atoms with van der Waals surface area (Å²) in [7, 11) is 1.84. The molecule has 6 heteroatoms. The van der Waals surface area contributed by atoms with Crippen LogP contribution in [0, 0.1) is 5.92 Å². The molecule has 1 aromatic rings. The van der Waals surface area contributed by atoms with E-state index in [0.29, 0.717) is 36.2 Å². The topological polar surface area (TPSA) is 50.4 Å². The van der Waals surface area contributed by atoms with Crippen LogP contribution in [0.4, 0.5) is 0 Å². The minimum absolute atomic E-state index is 0.0203. The van der Waals surface area contributed by atoms with Gasteiger partial charge in [-0.15, -0.1) is 0 Å². The van der Waals surface area contributed by atoms with Crippen molar-refractivity contribution in [1.29, 1.82) is 0 Å². The lowest BCUT2D eigenvalue weighted by Crippen LogP contribution is -2.43.